The van der Waals surface area contributed by atoms with Gasteiger partial charge in [0.1, 0.15) is 0 Å². The van der Waals surface area contributed by atoms with Gasteiger partial charge in [-0.25, -0.2) is 8.42 Å². The van der Waals surface area contributed by atoms with Crippen LogP contribution in [0.15, 0.2) is 29.2 Å². The number of hydrogen-bond donors (Lipinski definition) is 0. The summed E-state index contributed by atoms with van der Waals surface area (Å²) in [5, 5.41) is 0. The van der Waals surface area contributed by atoms with Crippen LogP contribution in [0.1, 0.15) is 45.1 Å². The number of benzene rings is 1. The minimum Gasteiger partial charge on any atom is -0.207 e. The van der Waals surface area contributed by atoms with Gasteiger partial charge in [-0.15, -0.1) is 0 Å². The molecule has 1 aromatic carbocycles. The summed E-state index contributed by atoms with van der Waals surface area (Å²) in [7, 11) is -3.26. The third-order valence-electron chi connectivity index (χ3n) is 3.03. The molecule has 0 aromatic heterocycles. The Morgan fingerprint density at radius 3 is 2.11 bits per heavy atom. The summed E-state index contributed by atoms with van der Waals surface area (Å²) < 4.78 is 26.3. The highest BCUT2D eigenvalue weighted by atomic mass is 32.2. The van der Waals surface area contributed by atoms with E-state index in [4.69, 9.17) is 0 Å². The molecule has 0 N–H and O–H groups in total. The Morgan fingerprint density at radius 2 is 1.58 bits per heavy atom. The van der Waals surface area contributed by atoms with Crippen molar-refractivity contribution in [3.8, 4) is 0 Å². The lowest BCUT2D eigenvalue weighted by atomic mass is 10.2. The zero-order valence-electron chi connectivity index (χ0n) is 12.2. The lowest BCUT2D eigenvalue weighted by Gasteiger charge is -2.26. The first-order chi connectivity index (χ1) is 9.04. The molecule has 0 radical (unpaired) electrons. The highest BCUT2D eigenvalue weighted by Gasteiger charge is 2.26. The Bertz CT molecular complexity index is 477. The van der Waals surface area contributed by atoms with Crippen molar-refractivity contribution < 1.29 is 8.42 Å². The van der Waals surface area contributed by atoms with Gasteiger partial charge in [0.25, 0.3) is 0 Å². The molecular weight excluding hydrogens is 258 g/mol. The minimum absolute atomic E-state index is 0.455. The van der Waals surface area contributed by atoms with Crippen LogP contribution in [0, 0.1) is 6.92 Å². The second-order valence-corrected chi connectivity index (χ2v) is 6.84. The highest BCUT2D eigenvalue weighted by Crippen LogP contribution is 2.22. The van der Waals surface area contributed by atoms with E-state index in [0.29, 0.717) is 18.0 Å². The van der Waals surface area contributed by atoms with Crippen molar-refractivity contribution in [1.29, 1.82) is 0 Å². The molecule has 1 saturated heterocycles. The average molecular weight is 283 g/mol. The van der Waals surface area contributed by atoms with Gasteiger partial charge in [-0.2, -0.15) is 4.31 Å². The maximum absolute atomic E-state index is 12.3. The fourth-order valence-corrected chi connectivity index (χ4v) is 3.83. The number of rotatable bonds is 2. The number of aryl methyl sites for hydroxylation is 1. The van der Waals surface area contributed by atoms with E-state index < -0.39 is 10.0 Å². The molecular formula is C15H25NO2S. The van der Waals surface area contributed by atoms with Gasteiger partial charge >= 0.3 is 0 Å². The Labute approximate surface area is 117 Å². The molecule has 0 aliphatic carbocycles. The molecule has 1 aliphatic heterocycles. The summed E-state index contributed by atoms with van der Waals surface area (Å²) in [4.78, 5) is 0.455. The van der Waals surface area contributed by atoms with Crippen LogP contribution in [0.5, 0.6) is 0 Å². The number of piperidine rings is 1. The maximum atomic E-state index is 12.3. The summed E-state index contributed by atoms with van der Waals surface area (Å²) >= 11 is 0. The first-order valence-corrected chi connectivity index (χ1v) is 8.53. The molecule has 0 spiro atoms. The smallest absolute Gasteiger partial charge is 0.207 e. The molecule has 0 unspecified atom stereocenters. The molecule has 1 fully saturated rings. The molecule has 2 rings (SSSR count). The van der Waals surface area contributed by atoms with E-state index in [1.807, 2.05) is 19.1 Å². The number of nitrogens with zero attached hydrogens (tertiary/aromatic N) is 1. The molecule has 4 heteroatoms. The van der Waals surface area contributed by atoms with Crippen LogP contribution in [0.3, 0.4) is 0 Å². The lowest BCUT2D eigenvalue weighted by Crippen LogP contribution is -2.35. The van der Waals surface area contributed by atoms with Gasteiger partial charge in [-0.05, 0) is 31.4 Å². The Kier molecular flexibility index (Phi) is 6.52. The fraction of sp³-hybridized carbons (Fsp3) is 0.600. The van der Waals surface area contributed by atoms with Crippen LogP contribution in [0.25, 0.3) is 0 Å². The summed E-state index contributed by atoms with van der Waals surface area (Å²) in [6.07, 6.45) is 4.34. The van der Waals surface area contributed by atoms with Gasteiger partial charge in [0.15, 0.2) is 0 Å². The fourth-order valence-electron chi connectivity index (χ4n) is 2.09. The number of hydrogen-bond acceptors (Lipinski definition) is 2. The minimum atomic E-state index is -3.26. The van der Waals surface area contributed by atoms with E-state index in [1.165, 1.54) is 6.42 Å². The Balaban J connectivity index is 0.000000550. The molecule has 1 heterocycles. The lowest BCUT2D eigenvalue weighted by molar-refractivity contribution is 0.346. The molecule has 3 nitrogen and oxygen atoms in total. The standard InChI is InChI=1S/C12H17NO2S.C3H8/c1-11-7-3-4-8-12(11)16(14,15)13-9-5-2-6-10-13;1-3-2/h3-4,7-8H,2,5-6,9-10H2,1H3;3H2,1-2H3. The molecule has 19 heavy (non-hydrogen) atoms. The molecule has 0 bridgehead atoms. The quantitative estimate of drug-likeness (QED) is 0.832. The van der Waals surface area contributed by atoms with Gasteiger partial charge in [-0.1, -0.05) is 44.9 Å². The zero-order chi connectivity index (χ0) is 14.3. The molecule has 0 atom stereocenters. The molecule has 0 saturated carbocycles. The van der Waals surface area contributed by atoms with Crippen molar-refractivity contribution in [3.05, 3.63) is 29.8 Å². The van der Waals surface area contributed by atoms with Crippen molar-refractivity contribution >= 4 is 10.0 Å². The third kappa shape index (κ3) is 4.32. The third-order valence-corrected chi connectivity index (χ3v) is 5.09. The molecule has 0 amide bonds. The normalized spacial score (nSPS) is 16.6. The first kappa shape index (κ1) is 16.2. The first-order valence-electron chi connectivity index (χ1n) is 7.09. The Hall–Kier alpha value is -0.870. The number of sulfonamides is 1. The van der Waals surface area contributed by atoms with Crippen molar-refractivity contribution in [2.24, 2.45) is 0 Å². The van der Waals surface area contributed by atoms with E-state index in [2.05, 4.69) is 13.8 Å². The molecule has 1 aliphatic rings. The van der Waals surface area contributed by atoms with Crippen LogP contribution in [-0.2, 0) is 10.0 Å². The predicted molar refractivity (Wildman–Crippen MR) is 79.8 cm³/mol. The van der Waals surface area contributed by atoms with E-state index in [-0.39, 0.29) is 0 Å². The van der Waals surface area contributed by atoms with E-state index in [1.54, 1.807) is 16.4 Å². The van der Waals surface area contributed by atoms with Gasteiger partial charge in [0.2, 0.25) is 10.0 Å². The van der Waals surface area contributed by atoms with Crippen LogP contribution < -0.4 is 0 Å². The van der Waals surface area contributed by atoms with Crippen LogP contribution >= 0.6 is 0 Å². The van der Waals surface area contributed by atoms with Crippen LogP contribution in [0.2, 0.25) is 0 Å². The zero-order valence-corrected chi connectivity index (χ0v) is 13.0. The largest absolute Gasteiger partial charge is 0.243 e. The predicted octanol–water partition coefficient (Wildman–Crippen LogP) is 3.59. The topological polar surface area (TPSA) is 37.4 Å². The van der Waals surface area contributed by atoms with Gasteiger partial charge < -0.3 is 0 Å². The summed E-state index contributed by atoms with van der Waals surface area (Å²) in [6.45, 7) is 7.42. The van der Waals surface area contributed by atoms with E-state index in [9.17, 15) is 8.42 Å². The second-order valence-electron chi connectivity index (χ2n) is 4.94. The van der Waals surface area contributed by atoms with Crippen LogP contribution in [0.4, 0.5) is 0 Å². The molecule has 108 valence electrons. The second kappa shape index (κ2) is 7.65. The van der Waals surface area contributed by atoms with Gasteiger partial charge in [-0.3, -0.25) is 0 Å². The van der Waals surface area contributed by atoms with Crippen molar-refractivity contribution in [2.45, 2.75) is 51.3 Å². The van der Waals surface area contributed by atoms with Crippen molar-refractivity contribution in [2.75, 3.05) is 13.1 Å². The van der Waals surface area contributed by atoms with Gasteiger partial charge in [0.05, 0.1) is 4.90 Å². The van der Waals surface area contributed by atoms with E-state index in [0.717, 1.165) is 24.8 Å². The maximum Gasteiger partial charge on any atom is 0.243 e. The van der Waals surface area contributed by atoms with Crippen molar-refractivity contribution in [3.63, 3.8) is 0 Å². The monoisotopic (exact) mass is 283 g/mol. The summed E-state index contributed by atoms with van der Waals surface area (Å²) in [5.41, 5.74) is 0.827. The van der Waals surface area contributed by atoms with Crippen LogP contribution in [-0.4, -0.2) is 25.8 Å². The van der Waals surface area contributed by atoms with Gasteiger partial charge in [0, 0.05) is 13.1 Å². The Morgan fingerprint density at radius 1 is 1.05 bits per heavy atom. The summed E-state index contributed by atoms with van der Waals surface area (Å²) in [6, 6.07) is 7.19. The van der Waals surface area contributed by atoms with Crippen molar-refractivity contribution in [1.82, 2.24) is 4.31 Å². The highest BCUT2D eigenvalue weighted by molar-refractivity contribution is 7.89. The van der Waals surface area contributed by atoms with E-state index >= 15 is 0 Å². The molecule has 1 aromatic rings. The summed E-state index contributed by atoms with van der Waals surface area (Å²) in [5.74, 6) is 0. The SMILES string of the molecule is CCC.Cc1ccccc1S(=O)(=O)N1CCCCC1. The average Bonchev–Trinajstić information content (AvgIpc) is 2.41.